The van der Waals surface area contributed by atoms with Crippen molar-refractivity contribution in [2.24, 2.45) is 40.9 Å². The molecule has 8 atom stereocenters. The van der Waals surface area contributed by atoms with E-state index in [9.17, 15) is 13.5 Å². The third-order valence-corrected chi connectivity index (χ3v) is 12.5. The van der Waals surface area contributed by atoms with E-state index in [2.05, 4.69) is 26.8 Å². The minimum Gasteiger partial charge on any atom is -0.390 e. The summed E-state index contributed by atoms with van der Waals surface area (Å²) in [5, 5.41) is 10.9. The SMILES string of the molecule is CC[C@]1(O)CC[C@H]2C(=CC[C@@H]3[C@@H]2CC[C@]2(C)[C@@H]([C@H](C)CS(=O)(=O)c4ccccc4)CC[C@@H]32)C1. The normalized spacial score (nSPS) is 41.5. The van der Waals surface area contributed by atoms with Crippen molar-refractivity contribution in [1.82, 2.24) is 0 Å². The van der Waals surface area contributed by atoms with Crippen LogP contribution in [0.25, 0.3) is 0 Å². The maximum absolute atomic E-state index is 13.1. The summed E-state index contributed by atoms with van der Waals surface area (Å²) in [6.45, 7) is 6.81. The van der Waals surface area contributed by atoms with E-state index in [0.717, 1.165) is 37.5 Å². The van der Waals surface area contributed by atoms with Gasteiger partial charge in [0.2, 0.25) is 0 Å². The van der Waals surface area contributed by atoms with Gasteiger partial charge in [0.05, 0.1) is 16.2 Å². The molecule has 3 fully saturated rings. The van der Waals surface area contributed by atoms with E-state index >= 15 is 0 Å². The number of hydrogen-bond acceptors (Lipinski definition) is 3. The highest BCUT2D eigenvalue weighted by Crippen LogP contribution is 2.65. The molecular weight excluding hydrogens is 428 g/mol. The van der Waals surface area contributed by atoms with Crippen LogP contribution >= 0.6 is 0 Å². The molecule has 4 aliphatic rings. The van der Waals surface area contributed by atoms with Gasteiger partial charge in [-0.3, -0.25) is 0 Å². The standard InChI is InChI=1S/C29H42O3S/c1-4-29(30)17-15-23-21(18-29)10-11-25-24(23)14-16-28(3)26(12-13-27(25)28)20(2)19-33(31,32)22-8-6-5-7-9-22/h5-10,20,23-27,30H,4,11-19H2,1-3H3/t20-,23+,24-,25-,26-,27+,28-,29+/m1/s1. The van der Waals surface area contributed by atoms with Gasteiger partial charge in [-0.05, 0) is 111 Å². The van der Waals surface area contributed by atoms with Crippen LogP contribution in [0.3, 0.4) is 0 Å². The first-order valence-electron chi connectivity index (χ1n) is 13.4. The van der Waals surface area contributed by atoms with E-state index in [1.54, 1.807) is 17.7 Å². The molecule has 0 radical (unpaired) electrons. The van der Waals surface area contributed by atoms with Crippen LogP contribution in [0.1, 0.15) is 78.6 Å². The van der Waals surface area contributed by atoms with E-state index in [-0.39, 0.29) is 17.1 Å². The maximum atomic E-state index is 13.1. The number of benzene rings is 1. The van der Waals surface area contributed by atoms with Crippen LogP contribution in [0.5, 0.6) is 0 Å². The Kier molecular flexibility index (Phi) is 6.09. The number of aliphatic hydroxyl groups is 1. The molecule has 33 heavy (non-hydrogen) atoms. The molecule has 1 aromatic rings. The zero-order valence-electron chi connectivity index (χ0n) is 20.7. The van der Waals surface area contributed by atoms with Crippen molar-refractivity contribution in [3.05, 3.63) is 42.0 Å². The molecule has 5 rings (SSSR count). The largest absolute Gasteiger partial charge is 0.390 e. The van der Waals surface area contributed by atoms with Gasteiger partial charge in [0, 0.05) is 0 Å². The third kappa shape index (κ3) is 4.03. The predicted molar refractivity (Wildman–Crippen MR) is 133 cm³/mol. The van der Waals surface area contributed by atoms with E-state index in [4.69, 9.17) is 0 Å². The molecule has 0 aliphatic heterocycles. The monoisotopic (exact) mass is 470 g/mol. The Morgan fingerprint density at radius 1 is 1.06 bits per heavy atom. The van der Waals surface area contributed by atoms with Gasteiger partial charge in [0.1, 0.15) is 0 Å². The highest BCUT2D eigenvalue weighted by molar-refractivity contribution is 7.91. The number of sulfone groups is 1. The topological polar surface area (TPSA) is 54.4 Å². The summed E-state index contributed by atoms with van der Waals surface area (Å²) >= 11 is 0. The van der Waals surface area contributed by atoms with Crippen molar-refractivity contribution >= 4 is 9.84 Å². The summed E-state index contributed by atoms with van der Waals surface area (Å²) in [7, 11) is -3.25. The van der Waals surface area contributed by atoms with Crippen LogP contribution in [0.2, 0.25) is 0 Å². The number of allylic oxidation sites excluding steroid dienone is 1. The van der Waals surface area contributed by atoms with E-state index < -0.39 is 15.4 Å². The smallest absolute Gasteiger partial charge is 0.178 e. The fourth-order valence-corrected chi connectivity index (χ4v) is 10.5. The summed E-state index contributed by atoms with van der Waals surface area (Å²) < 4.78 is 26.2. The first kappa shape index (κ1) is 23.6. The summed E-state index contributed by atoms with van der Waals surface area (Å²) in [6.07, 6.45) is 12.5. The number of hydrogen-bond donors (Lipinski definition) is 1. The Morgan fingerprint density at radius 2 is 1.82 bits per heavy atom. The Balaban J connectivity index is 1.33. The van der Waals surface area contributed by atoms with Gasteiger partial charge >= 0.3 is 0 Å². The van der Waals surface area contributed by atoms with Crippen molar-refractivity contribution in [1.29, 1.82) is 0 Å². The molecule has 3 saturated carbocycles. The molecule has 1 N–H and O–H groups in total. The summed E-state index contributed by atoms with van der Waals surface area (Å²) in [4.78, 5) is 0.467. The zero-order chi connectivity index (χ0) is 23.4. The van der Waals surface area contributed by atoms with Gasteiger partial charge < -0.3 is 5.11 Å². The number of rotatable bonds is 5. The lowest BCUT2D eigenvalue weighted by Gasteiger charge is -2.55. The fraction of sp³-hybridized carbons (Fsp3) is 0.724. The average molecular weight is 471 g/mol. The zero-order valence-corrected chi connectivity index (χ0v) is 21.5. The van der Waals surface area contributed by atoms with Crippen molar-refractivity contribution in [3.63, 3.8) is 0 Å². The molecule has 182 valence electrons. The second-order valence-electron chi connectivity index (χ2n) is 12.1. The molecular formula is C29H42O3S. The summed E-state index contributed by atoms with van der Waals surface area (Å²) in [6, 6.07) is 9.00. The van der Waals surface area contributed by atoms with Crippen LogP contribution in [0.15, 0.2) is 46.9 Å². The first-order valence-corrected chi connectivity index (χ1v) is 15.0. The van der Waals surface area contributed by atoms with Crippen molar-refractivity contribution in [2.75, 3.05) is 5.75 Å². The fourth-order valence-electron chi connectivity index (χ4n) is 8.83. The Labute approximate surface area is 201 Å². The quantitative estimate of drug-likeness (QED) is 0.505. The predicted octanol–water partition coefficient (Wildman–Crippen LogP) is 6.43. The lowest BCUT2D eigenvalue weighted by Crippen LogP contribution is -2.48. The Morgan fingerprint density at radius 3 is 2.55 bits per heavy atom. The highest BCUT2D eigenvalue weighted by atomic mass is 32.2. The van der Waals surface area contributed by atoms with Crippen molar-refractivity contribution < 1.29 is 13.5 Å². The molecule has 1 aromatic carbocycles. The van der Waals surface area contributed by atoms with Crippen LogP contribution in [0.4, 0.5) is 0 Å². The lowest BCUT2D eigenvalue weighted by molar-refractivity contribution is -0.0444. The summed E-state index contributed by atoms with van der Waals surface area (Å²) in [5.74, 6) is 3.85. The first-order chi connectivity index (χ1) is 15.7. The molecule has 0 amide bonds. The average Bonchev–Trinajstić information content (AvgIpc) is 3.16. The van der Waals surface area contributed by atoms with Crippen LogP contribution in [-0.2, 0) is 9.84 Å². The van der Waals surface area contributed by atoms with Crippen LogP contribution < -0.4 is 0 Å². The molecule has 0 saturated heterocycles. The number of fused-ring (bicyclic) bond motifs is 5. The van der Waals surface area contributed by atoms with Crippen LogP contribution in [0, 0.1) is 40.9 Å². The van der Waals surface area contributed by atoms with Crippen molar-refractivity contribution in [3.8, 4) is 0 Å². The second-order valence-corrected chi connectivity index (χ2v) is 14.2. The lowest BCUT2D eigenvalue weighted by atomic mass is 9.50. The molecule has 3 nitrogen and oxygen atoms in total. The molecule has 4 heteroatoms. The molecule has 0 heterocycles. The van der Waals surface area contributed by atoms with Gasteiger partial charge in [-0.25, -0.2) is 8.42 Å². The Bertz CT molecular complexity index is 999. The third-order valence-electron chi connectivity index (χ3n) is 10.6. The Hall–Kier alpha value is -1.13. The van der Waals surface area contributed by atoms with E-state index in [1.165, 1.54) is 32.1 Å². The van der Waals surface area contributed by atoms with Gasteiger partial charge in [0.25, 0.3) is 0 Å². The molecule has 0 spiro atoms. The van der Waals surface area contributed by atoms with Gasteiger partial charge in [-0.15, -0.1) is 0 Å². The van der Waals surface area contributed by atoms with Gasteiger partial charge in [0.15, 0.2) is 9.84 Å². The molecule has 0 bridgehead atoms. The van der Waals surface area contributed by atoms with Gasteiger partial charge in [-0.2, -0.15) is 0 Å². The minimum atomic E-state index is -3.25. The molecule has 0 unspecified atom stereocenters. The maximum Gasteiger partial charge on any atom is 0.178 e. The highest BCUT2D eigenvalue weighted by Gasteiger charge is 2.57. The minimum absolute atomic E-state index is 0.186. The molecule has 4 aliphatic carbocycles. The summed E-state index contributed by atoms with van der Waals surface area (Å²) in [5.41, 5.74) is 1.33. The van der Waals surface area contributed by atoms with E-state index in [0.29, 0.717) is 22.6 Å². The van der Waals surface area contributed by atoms with Crippen molar-refractivity contribution in [2.45, 2.75) is 89.1 Å². The van der Waals surface area contributed by atoms with Gasteiger partial charge in [-0.1, -0.05) is 50.6 Å². The van der Waals surface area contributed by atoms with Crippen LogP contribution in [-0.4, -0.2) is 24.9 Å². The second kappa shape index (κ2) is 8.52. The van der Waals surface area contributed by atoms with E-state index in [1.807, 2.05) is 18.2 Å². The molecule has 0 aromatic heterocycles.